The molecule has 0 unspecified atom stereocenters. The van der Waals surface area contributed by atoms with Crippen molar-refractivity contribution in [2.75, 3.05) is 20.3 Å². The normalized spacial score (nSPS) is 7.10. The molecule has 0 saturated heterocycles. The minimum absolute atomic E-state index is 0. The molecule has 140 valence electrons. The number of hydrogen-bond donors (Lipinski definition) is 0. The fraction of sp³-hybridized carbons (Fsp3) is 1.00. The van der Waals surface area contributed by atoms with Gasteiger partial charge < -0.3 is 0 Å². The van der Waals surface area contributed by atoms with Crippen LogP contribution in [-0.2, 0) is 18.1 Å². The number of phosphoric acid groups is 1. The monoisotopic (exact) mass is 358 g/mol. The van der Waals surface area contributed by atoms with Crippen molar-refractivity contribution in [3.63, 3.8) is 0 Å². The molecule has 21 heavy (non-hydrogen) atoms. The van der Waals surface area contributed by atoms with Crippen LogP contribution < -0.4 is 0 Å². The molecule has 4 nitrogen and oxygen atoms in total. The van der Waals surface area contributed by atoms with Crippen LogP contribution in [0.1, 0.15) is 83.1 Å². The molecule has 0 saturated carbocycles. The van der Waals surface area contributed by atoms with Crippen molar-refractivity contribution in [1.82, 2.24) is 0 Å². The van der Waals surface area contributed by atoms with Gasteiger partial charge >= 0.3 is 7.82 Å². The Bertz CT molecular complexity index is 127. The molecule has 0 N–H and O–H groups in total. The van der Waals surface area contributed by atoms with Crippen LogP contribution in [0.5, 0.6) is 0 Å². The Morgan fingerprint density at radius 1 is 0.667 bits per heavy atom. The summed E-state index contributed by atoms with van der Waals surface area (Å²) in [5.41, 5.74) is 0. The van der Waals surface area contributed by atoms with E-state index in [9.17, 15) is 4.57 Å². The molecular formula is C15H43ArO4P. The smallest absolute Gasteiger partial charge is 0.290 e. The Labute approximate surface area is 166 Å². The zero-order chi connectivity index (χ0) is 18.0. The molecule has 0 heterocycles. The summed E-state index contributed by atoms with van der Waals surface area (Å²) in [5, 5.41) is 0. The van der Waals surface area contributed by atoms with Crippen LogP contribution in [-0.4, -0.2) is 20.3 Å². The van der Waals surface area contributed by atoms with E-state index in [0.29, 0.717) is 13.2 Å². The molecule has 0 aliphatic carbocycles. The van der Waals surface area contributed by atoms with Crippen LogP contribution in [0.4, 0.5) is 0 Å². The Kier molecular flexibility index (Phi) is 119. The standard InChI is InChI=1S/C5H13O4P.5C2H6.Ar/c1-4-8-10(6,7-3)9-5-2;5*1-2;/h4-5H2,1-3H3;5*1-2H3;. The van der Waals surface area contributed by atoms with E-state index in [4.69, 9.17) is 9.05 Å². The minimum atomic E-state index is -3.20. The maximum absolute atomic E-state index is 11.1. The summed E-state index contributed by atoms with van der Waals surface area (Å²) in [6, 6.07) is 0. The first-order valence-electron chi connectivity index (χ1n) is 8.13. The van der Waals surface area contributed by atoms with E-state index in [1.807, 2.05) is 69.2 Å². The Morgan fingerprint density at radius 2 is 0.857 bits per heavy atom. The van der Waals surface area contributed by atoms with E-state index < -0.39 is 7.82 Å². The topological polar surface area (TPSA) is 44.8 Å². The molecule has 0 radical (unpaired) electrons. The molecule has 0 fully saturated rings. The van der Waals surface area contributed by atoms with E-state index in [-0.39, 0.29) is 37.7 Å². The van der Waals surface area contributed by atoms with Crippen molar-refractivity contribution in [2.45, 2.75) is 83.1 Å². The number of phosphoric ester groups is 1. The third-order valence-electron chi connectivity index (χ3n) is 0.798. The molecule has 0 aromatic heterocycles. The quantitative estimate of drug-likeness (QED) is 0.499. The second kappa shape index (κ2) is 57.9. The summed E-state index contributed by atoms with van der Waals surface area (Å²) in [6.45, 7) is 24.1. The largest absolute Gasteiger partial charge is 0.474 e. The van der Waals surface area contributed by atoms with Gasteiger partial charge in [-0.3, -0.25) is 13.6 Å². The van der Waals surface area contributed by atoms with Gasteiger partial charge in [0, 0.05) is 44.8 Å². The van der Waals surface area contributed by atoms with Crippen molar-refractivity contribution >= 4 is 7.82 Å². The van der Waals surface area contributed by atoms with Crippen molar-refractivity contribution in [1.29, 1.82) is 0 Å². The Balaban J connectivity index is -0.0000000303. The molecule has 0 amide bonds. The van der Waals surface area contributed by atoms with E-state index in [1.165, 1.54) is 7.11 Å². The van der Waals surface area contributed by atoms with Crippen LogP contribution in [0.25, 0.3) is 0 Å². The molecule has 0 aliphatic heterocycles. The van der Waals surface area contributed by atoms with E-state index in [1.54, 1.807) is 13.8 Å². The van der Waals surface area contributed by atoms with Crippen LogP contribution in [0, 0.1) is 37.7 Å². The fourth-order valence-electron chi connectivity index (χ4n) is 0.459. The van der Waals surface area contributed by atoms with Gasteiger partial charge in [0.2, 0.25) is 0 Å². The average Bonchev–Trinajstić information content (AvgIpc) is 2.57. The third kappa shape index (κ3) is 52.4. The summed E-state index contributed by atoms with van der Waals surface area (Å²) in [5.74, 6) is 0. The predicted molar refractivity (Wildman–Crippen MR) is 94.6 cm³/mol. The summed E-state index contributed by atoms with van der Waals surface area (Å²) in [6.07, 6.45) is 0. The molecule has 0 aromatic carbocycles. The molecule has 0 bridgehead atoms. The van der Waals surface area contributed by atoms with Gasteiger partial charge in [-0.25, -0.2) is 4.57 Å². The zero-order valence-electron chi connectivity index (χ0n) is 16.8. The molecule has 0 spiro atoms. The molecule has 0 aliphatic rings. The van der Waals surface area contributed by atoms with Gasteiger partial charge in [0.05, 0.1) is 13.2 Å². The van der Waals surface area contributed by atoms with Gasteiger partial charge in [-0.05, 0) is 13.8 Å². The maximum Gasteiger partial charge on any atom is 0.474 e. The van der Waals surface area contributed by atoms with Gasteiger partial charge in [0.25, 0.3) is 0 Å². The first-order chi connectivity index (χ1) is 9.68. The summed E-state index contributed by atoms with van der Waals surface area (Å²) in [7, 11) is -1.90. The van der Waals surface area contributed by atoms with Crippen molar-refractivity contribution in [3.8, 4) is 0 Å². The van der Waals surface area contributed by atoms with Crippen LogP contribution >= 0.6 is 7.82 Å². The Hall–Kier alpha value is 1.37. The van der Waals surface area contributed by atoms with Crippen molar-refractivity contribution in [3.05, 3.63) is 0 Å². The van der Waals surface area contributed by atoms with E-state index in [0.717, 1.165) is 0 Å². The maximum atomic E-state index is 11.1. The van der Waals surface area contributed by atoms with Crippen LogP contribution in [0.2, 0.25) is 0 Å². The average molecular weight is 358 g/mol. The number of rotatable bonds is 5. The minimum Gasteiger partial charge on any atom is -0.290 e. The van der Waals surface area contributed by atoms with Crippen molar-refractivity contribution < 1.29 is 55.9 Å². The first-order valence-corrected chi connectivity index (χ1v) is 9.59. The SMILES string of the molecule is CC.CC.CC.CC.CC.CCOP(=O)(OC)OCC.[Ar]. The van der Waals surface area contributed by atoms with Gasteiger partial charge in [-0.1, -0.05) is 69.2 Å². The van der Waals surface area contributed by atoms with Gasteiger partial charge in [0.1, 0.15) is 0 Å². The van der Waals surface area contributed by atoms with Gasteiger partial charge in [0.15, 0.2) is 0 Å². The fourth-order valence-corrected chi connectivity index (χ4v) is 1.38. The zero-order valence-corrected chi connectivity index (χ0v) is 18.4. The number of hydrogen-bond acceptors (Lipinski definition) is 4. The van der Waals surface area contributed by atoms with Crippen LogP contribution in [0.3, 0.4) is 0 Å². The molecular weight excluding hydrogens is 315 g/mol. The molecule has 6 heteroatoms. The molecule has 0 atom stereocenters. The first kappa shape index (κ1) is 43.2. The van der Waals surface area contributed by atoms with Gasteiger partial charge in [-0.2, -0.15) is 0 Å². The van der Waals surface area contributed by atoms with Crippen molar-refractivity contribution in [2.24, 2.45) is 0 Å². The second-order valence-electron chi connectivity index (χ2n) is 1.47. The van der Waals surface area contributed by atoms with E-state index in [2.05, 4.69) is 4.52 Å². The molecule has 0 aromatic rings. The van der Waals surface area contributed by atoms with Gasteiger partial charge in [-0.15, -0.1) is 0 Å². The van der Waals surface area contributed by atoms with Crippen LogP contribution in [0.15, 0.2) is 0 Å². The Morgan fingerprint density at radius 3 is 0.952 bits per heavy atom. The summed E-state index contributed by atoms with van der Waals surface area (Å²) < 4.78 is 25.1. The third-order valence-corrected chi connectivity index (χ3v) is 2.39. The predicted octanol–water partition coefficient (Wildman–Crippen LogP) is 6.94. The molecule has 0 rings (SSSR count). The summed E-state index contributed by atoms with van der Waals surface area (Å²) >= 11 is 0. The summed E-state index contributed by atoms with van der Waals surface area (Å²) in [4.78, 5) is 0. The van der Waals surface area contributed by atoms with E-state index >= 15 is 0 Å². The second-order valence-corrected chi connectivity index (χ2v) is 3.24.